The van der Waals surface area contributed by atoms with E-state index in [-0.39, 0.29) is 42.2 Å². The SMILES string of the molecule is CCOC(=O)N1CCC(NC(=NCCc2ccco2)NC2CCCn3nc(C)nc32)CC1.I. The number of aryl methyl sites for hydroxylation is 2. The van der Waals surface area contributed by atoms with Crippen molar-refractivity contribution in [3.63, 3.8) is 0 Å². The van der Waals surface area contributed by atoms with E-state index in [0.29, 0.717) is 26.2 Å². The van der Waals surface area contributed by atoms with Crippen LogP contribution in [0.4, 0.5) is 4.79 Å². The van der Waals surface area contributed by atoms with Crippen molar-refractivity contribution >= 4 is 36.0 Å². The van der Waals surface area contributed by atoms with Gasteiger partial charge in [-0.15, -0.1) is 24.0 Å². The molecule has 1 unspecified atom stereocenters. The second kappa shape index (κ2) is 12.2. The summed E-state index contributed by atoms with van der Waals surface area (Å²) in [6.07, 6.45) is 5.92. The van der Waals surface area contributed by atoms with Crippen molar-refractivity contribution in [3.05, 3.63) is 35.8 Å². The van der Waals surface area contributed by atoms with Crippen LogP contribution in [0.25, 0.3) is 0 Å². The number of piperidine rings is 1. The van der Waals surface area contributed by atoms with Gasteiger partial charge >= 0.3 is 6.09 Å². The van der Waals surface area contributed by atoms with E-state index in [1.165, 1.54) is 0 Å². The maximum absolute atomic E-state index is 12.0. The van der Waals surface area contributed by atoms with Crippen molar-refractivity contribution in [2.75, 3.05) is 26.2 Å². The smallest absolute Gasteiger partial charge is 0.409 e. The largest absolute Gasteiger partial charge is 0.469 e. The number of hydrogen-bond acceptors (Lipinski definition) is 6. The lowest BCUT2D eigenvalue weighted by atomic mass is 10.1. The van der Waals surface area contributed by atoms with Crippen LogP contribution in [-0.4, -0.2) is 64.0 Å². The van der Waals surface area contributed by atoms with Crippen molar-refractivity contribution in [1.29, 1.82) is 0 Å². The molecule has 1 amide bonds. The molecule has 0 bridgehead atoms. The molecule has 2 aromatic rings. The summed E-state index contributed by atoms with van der Waals surface area (Å²) in [5.41, 5.74) is 0. The van der Waals surface area contributed by atoms with Gasteiger partial charge in [0.05, 0.1) is 18.9 Å². The molecule has 4 rings (SSSR count). The Hall–Kier alpha value is -2.31. The number of fused-ring (bicyclic) bond motifs is 1. The van der Waals surface area contributed by atoms with Gasteiger partial charge in [-0.3, -0.25) is 4.99 Å². The van der Waals surface area contributed by atoms with Gasteiger partial charge in [0.2, 0.25) is 0 Å². The highest BCUT2D eigenvalue weighted by Crippen LogP contribution is 2.23. The number of aromatic nitrogens is 3. The van der Waals surface area contributed by atoms with E-state index in [0.717, 1.165) is 62.0 Å². The predicted octanol–water partition coefficient (Wildman–Crippen LogP) is 3.03. The summed E-state index contributed by atoms with van der Waals surface area (Å²) in [7, 11) is 0. The molecule has 4 heterocycles. The van der Waals surface area contributed by atoms with Gasteiger partial charge < -0.3 is 24.7 Å². The summed E-state index contributed by atoms with van der Waals surface area (Å²) in [5, 5.41) is 11.7. The van der Waals surface area contributed by atoms with E-state index < -0.39 is 0 Å². The zero-order chi connectivity index (χ0) is 22.3. The predicted molar refractivity (Wildman–Crippen MR) is 135 cm³/mol. The van der Waals surface area contributed by atoms with Gasteiger partial charge in [-0.05, 0) is 51.7 Å². The summed E-state index contributed by atoms with van der Waals surface area (Å²) >= 11 is 0. The first-order valence-corrected chi connectivity index (χ1v) is 11.6. The number of nitrogens with one attached hydrogen (secondary N) is 2. The fourth-order valence-corrected chi connectivity index (χ4v) is 4.25. The van der Waals surface area contributed by atoms with E-state index in [9.17, 15) is 4.79 Å². The Kier molecular flexibility index (Phi) is 9.39. The van der Waals surface area contributed by atoms with E-state index >= 15 is 0 Å². The Morgan fingerprint density at radius 2 is 2.09 bits per heavy atom. The zero-order valence-corrected chi connectivity index (χ0v) is 21.7. The number of carbonyl (C=O) groups is 1. The highest BCUT2D eigenvalue weighted by Gasteiger charge is 2.27. The highest BCUT2D eigenvalue weighted by molar-refractivity contribution is 14.0. The number of likely N-dealkylation sites (tertiary alicyclic amines) is 1. The lowest BCUT2D eigenvalue weighted by Crippen LogP contribution is -2.51. The number of ether oxygens (including phenoxy) is 1. The Morgan fingerprint density at radius 1 is 1.27 bits per heavy atom. The molecule has 0 radical (unpaired) electrons. The summed E-state index contributed by atoms with van der Waals surface area (Å²) < 4.78 is 12.6. The molecule has 11 heteroatoms. The average Bonchev–Trinajstić information content (AvgIpc) is 3.43. The molecule has 0 spiro atoms. The third-order valence-electron chi connectivity index (χ3n) is 5.86. The van der Waals surface area contributed by atoms with Crippen molar-refractivity contribution in [3.8, 4) is 0 Å². The van der Waals surface area contributed by atoms with E-state index in [1.807, 2.05) is 30.7 Å². The molecule has 2 aliphatic rings. The van der Waals surface area contributed by atoms with E-state index in [1.54, 1.807) is 11.2 Å². The van der Waals surface area contributed by atoms with Gasteiger partial charge in [0.1, 0.15) is 17.4 Å². The number of nitrogens with zero attached hydrogens (tertiary/aromatic N) is 5. The summed E-state index contributed by atoms with van der Waals surface area (Å²) in [6.45, 7) is 7.02. The van der Waals surface area contributed by atoms with Gasteiger partial charge in [-0.1, -0.05) is 0 Å². The molecule has 33 heavy (non-hydrogen) atoms. The third kappa shape index (κ3) is 6.84. The van der Waals surface area contributed by atoms with Crippen LogP contribution in [0.1, 0.15) is 56.1 Å². The molecule has 2 N–H and O–H groups in total. The lowest BCUT2D eigenvalue weighted by Gasteiger charge is -2.33. The first kappa shape index (κ1) is 25.3. The highest BCUT2D eigenvalue weighted by atomic mass is 127. The molecule has 0 aromatic carbocycles. The van der Waals surface area contributed by atoms with Crippen LogP contribution in [0.3, 0.4) is 0 Å². The maximum atomic E-state index is 12.0. The molecule has 182 valence electrons. The second-order valence-electron chi connectivity index (χ2n) is 8.24. The summed E-state index contributed by atoms with van der Waals surface area (Å²) in [6, 6.07) is 4.16. The fraction of sp³-hybridized carbons (Fsp3) is 0.636. The van der Waals surface area contributed by atoms with Crippen molar-refractivity contribution < 1.29 is 13.9 Å². The molecule has 0 saturated carbocycles. The number of rotatable bonds is 6. The normalized spacial score (nSPS) is 18.9. The number of furan rings is 1. The number of carbonyl (C=O) groups excluding carboxylic acids is 1. The molecule has 2 aliphatic heterocycles. The maximum Gasteiger partial charge on any atom is 0.409 e. The van der Waals surface area contributed by atoms with Gasteiger partial charge in [-0.25, -0.2) is 14.5 Å². The topological polar surface area (TPSA) is 110 Å². The zero-order valence-electron chi connectivity index (χ0n) is 19.3. The van der Waals surface area contributed by atoms with Gasteiger partial charge in [0.15, 0.2) is 5.96 Å². The first-order chi connectivity index (χ1) is 15.6. The Balaban J connectivity index is 0.00000306. The first-order valence-electron chi connectivity index (χ1n) is 11.6. The summed E-state index contributed by atoms with van der Waals surface area (Å²) in [4.78, 5) is 23.2. The van der Waals surface area contributed by atoms with E-state index in [2.05, 4.69) is 20.7 Å². The van der Waals surface area contributed by atoms with Crippen molar-refractivity contribution in [1.82, 2.24) is 30.3 Å². The Bertz CT molecular complexity index is 907. The monoisotopic (exact) mass is 571 g/mol. The van der Waals surface area contributed by atoms with Crippen LogP contribution in [-0.2, 0) is 17.7 Å². The minimum absolute atomic E-state index is 0. The van der Waals surface area contributed by atoms with Gasteiger partial charge in [-0.2, -0.15) is 5.10 Å². The van der Waals surface area contributed by atoms with Crippen molar-refractivity contribution in [2.45, 2.75) is 64.6 Å². The number of hydrogen-bond donors (Lipinski definition) is 2. The number of guanidine groups is 1. The summed E-state index contributed by atoms with van der Waals surface area (Å²) in [5.74, 6) is 3.45. The van der Waals surface area contributed by atoms with Crippen LogP contribution < -0.4 is 10.6 Å². The Morgan fingerprint density at radius 3 is 2.82 bits per heavy atom. The minimum atomic E-state index is -0.228. The van der Waals surface area contributed by atoms with Crippen molar-refractivity contribution in [2.24, 2.45) is 4.99 Å². The third-order valence-corrected chi connectivity index (χ3v) is 5.86. The number of halogens is 1. The second-order valence-corrected chi connectivity index (χ2v) is 8.24. The molecular formula is C22H34IN7O3. The lowest BCUT2D eigenvalue weighted by molar-refractivity contribution is 0.0963. The molecule has 1 saturated heterocycles. The minimum Gasteiger partial charge on any atom is -0.469 e. The molecule has 1 fully saturated rings. The van der Waals surface area contributed by atoms with E-state index in [4.69, 9.17) is 14.1 Å². The molecule has 2 aromatic heterocycles. The van der Waals surface area contributed by atoms with Gasteiger partial charge in [0.25, 0.3) is 0 Å². The van der Waals surface area contributed by atoms with Crippen LogP contribution in [0.2, 0.25) is 0 Å². The average molecular weight is 571 g/mol. The van der Waals surface area contributed by atoms with Gasteiger partial charge in [0, 0.05) is 38.6 Å². The fourth-order valence-electron chi connectivity index (χ4n) is 4.25. The van der Waals surface area contributed by atoms with Crippen LogP contribution in [0, 0.1) is 6.92 Å². The Labute approximate surface area is 211 Å². The standard InChI is InChI=1S/C22H33N7O3.HI/c1-3-31-22(30)28-13-9-17(10-14-28)25-21(23-11-8-18-6-5-15-32-18)26-19-7-4-12-29-20(19)24-16(2)27-29;/h5-6,15,17,19H,3-4,7-14H2,1-2H3,(H2,23,25,26);1H. The quantitative estimate of drug-likeness (QED) is 0.312. The molecule has 1 atom stereocenters. The molecular weight excluding hydrogens is 537 g/mol. The molecule has 0 aliphatic carbocycles. The number of aliphatic imine (C=N–C) groups is 1. The number of amides is 1. The van der Waals surface area contributed by atoms with Crippen LogP contribution >= 0.6 is 24.0 Å². The van der Waals surface area contributed by atoms with Crippen LogP contribution in [0.5, 0.6) is 0 Å². The molecule has 10 nitrogen and oxygen atoms in total. The van der Waals surface area contributed by atoms with Crippen LogP contribution in [0.15, 0.2) is 27.8 Å².